The van der Waals surface area contributed by atoms with E-state index in [1.165, 1.54) is 43.2 Å². The molecule has 3 atom stereocenters. The van der Waals surface area contributed by atoms with Crippen LogP contribution in [-0.4, -0.2) is 41.2 Å². The first kappa shape index (κ1) is 24.4. The van der Waals surface area contributed by atoms with Crippen LogP contribution in [0.25, 0.3) is 21.9 Å². The number of hydrogen-bond acceptors (Lipinski definition) is 6. The Bertz CT molecular complexity index is 1420. The number of hydrogen-bond donors (Lipinski definition) is 2. The summed E-state index contributed by atoms with van der Waals surface area (Å²) in [6.45, 7) is 2.06. The van der Waals surface area contributed by atoms with Gasteiger partial charge in [0.15, 0.2) is 0 Å². The molecule has 1 saturated heterocycles. The summed E-state index contributed by atoms with van der Waals surface area (Å²) in [5.41, 5.74) is 4.19. The highest BCUT2D eigenvalue weighted by atomic mass is 15.2. The number of piperidine rings is 1. The molecular formula is C32H34N6. The minimum atomic E-state index is 0.349. The van der Waals surface area contributed by atoms with E-state index in [2.05, 4.69) is 75.1 Å². The van der Waals surface area contributed by atoms with Crippen molar-refractivity contribution in [1.82, 2.24) is 15.3 Å². The maximum absolute atomic E-state index is 9.12. The predicted molar refractivity (Wildman–Crippen MR) is 154 cm³/mol. The topological polar surface area (TPSA) is 76.9 Å². The van der Waals surface area contributed by atoms with E-state index >= 15 is 0 Å². The zero-order valence-electron chi connectivity index (χ0n) is 21.7. The van der Waals surface area contributed by atoms with Crippen LogP contribution in [0.1, 0.15) is 44.1 Å². The van der Waals surface area contributed by atoms with Crippen molar-refractivity contribution in [2.45, 2.75) is 56.7 Å². The molecule has 1 saturated carbocycles. The Morgan fingerprint density at radius 3 is 2.61 bits per heavy atom. The molecule has 1 aliphatic carbocycles. The SMILES string of the molecule is N#Cc1ccc(N2CCC[C@H](N[C@@H]3CCCC[C@H]3Nc3cc(-c4cncc5ccccc45)ccn3)C2)cc1. The summed E-state index contributed by atoms with van der Waals surface area (Å²) in [5, 5.41) is 19.3. The van der Waals surface area contributed by atoms with E-state index in [4.69, 9.17) is 10.2 Å². The summed E-state index contributed by atoms with van der Waals surface area (Å²) < 4.78 is 0. The molecule has 2 aromatic carbocycles. The molecule has 0 bridgehead atoms. The average molecular weight is 503 g/mol. The molecule has 1 aliphatic heterocycles. The smallest absolute Gasteiger partial charge is 0.126 e. The molecule has 2 fully saturated rings. The summed E-state index contributed by atoms with van der Waals surface area (Å²) in [4.78, 5) is 11.6. The van der Waals surface area contributed by atoms with Crippen LogP contribution in [-0.2, 0) is 0 Å². The van der Waals surface area contributed by atoms with E-state index in [-0.39, 0.29) is 0 Å². The fourth-order valence-electron chi connectivity index (χ4n) is 6.11. The number of nitrogens with zero attached hydrogens (tertiary/aromatic N) is 4. The molecule has 0 radical (unpaired) electrons. The quantitative estimate of drug-likeness (QED) is 0.329. The zero-order chi connectivity index (χ0) is 25.7. The number of fused-ring (bicyclic) bond motifs is 1. The number of aromatic nitrogens is 2. The van der Waals surface area contributed by atoms with Gasteiger partial charge in [0.05, 0.1) is 11.6 Å². The standard InChI is InChI=1S/C32H34N6/c33-19-23-11-13-27(14-12-23)38-17-5-7-26(22-38)36-30-9-3-4-10-31(30)37-32-18-24(15-16-35-32)29-21-34-20-25-6-1-2-8-28(25)29/h1-2,6,8,11-16,18,20-21,26,30-31,36H,3-5,7,9-10,17,22H2,(H,35,37)/t26-,30+,31+/m0/s1. The molecule has 0 spiro atoms. The van der Waals surface area contributed by atoms with Gasteiger partial charge in [-0.2, -0.15) is 5.26 Å². The van der Waals surface area contributed by atoms with Gasteiger partial charge in [-0.05, 0) is 73.0 Å². The summed E-state index contributed by atoms with van der Waals surface area (Å²) >= 11 is 0. The normalized spacial score (nSPS) is 21.7. The maximum Gasteiger partial charge on any atom is 0.126 e. The monoisotopic (exact) mass is 502 g/mol. The van der Waals surface area contributed by atoms with Crippen LogP contribution in [0.5, 0.6) is 0 Å². The van der Waals surface area contributed by atoms with Gasteiger partial charge in [0.25, 0.3) is 0 Å². The Hall–Kier alpha value is -3.95. The molecule has 6 nitrogen and oxygen atoms in total. The molecule has 6 heteroatoms. The van der Waals surface area contributed by atoms with Crippen molar-refractivity contribution in [1.29, 1.82) is 5.26 Å². The van der Waals surface area contributed by atoms with Gasteiger partial charge in [0, 0.05) is 66.4 Å². The summed E-state index contributed by atoms with van der Waals surface area (Å²) in [7, 11) is 0. The van der Waals surface area contributed by atoms with Gasteiger partial charge in [0.2, 0.25) is 0 Å². The van der Waals surface area contributed by atoms with Crippen LogP contribution >= 0.6 is 0 Å². The molecule has 2 N–H and O–H groups in total. The third kappa shape index (κ3) is 5.34. The molecule has 2 aliphatic rings. The predicted octanol–water partition coefficient (Wildman–Crippen LogP) is 6.15. The van der Waals surface area contributed by atoms with Crippen LogP contribution in [0, 0.1) is 11.3 Å². The van der Waals surface area contributed by atoms with Gasteiger partial charge < -0.3 is 15.5 Å². The van der Waals surface area contributed by atoms with Gasteiger partial charge in [0.1, 0.15) is 5.82 Å². The number of pyridine rings is 2. The highest BCUT2D eigenvalue weighted by Gasteiger charge is 2.29. The first-order valence-corrected chi connectivity index (χ1v) is 13.8. The Balaban J connectivity index is 1.15. The molecule has 2 aromatic heterocycles. The van der Waals surface area contributed by atoms with Crippen molar-refractivity contribution in [3.05, 3.63) is 84.8 Å². The summed E-state index contributed by atoms with van der Waals surface area (Å²) in [6.07, 6.45) is 13.0. The largest absolute Gasteiger partial charge is 0.370 e. The number of nitriles is 1. The lowest BCUT2D eigenvalue weighted by molar-refractivity contribution is 0.293. The Labute approximate surface area is 224 Å². The molecule has 192 valence electrons. The lowest BCUT2D eigenvalue weighted by Gasteiger charge is -2.40. The first-order valence-electron chi connectivity index (χ1n) is 13.8. The molecule has 4 aromatic rings. The minimum Gasteiger partial charge on any atom is -0.370 e. The summed E-state index contributed by atoms with van der Waals surface area (Å²) in [5.74, 6) is 0.928. The van der Waals surface area contributed by atoms with E-state index in [0.29, 0.717) is 23.7 Å². The maximum atomic E-state index is 9.12. The number of rotatable bonds is 6. The second-order valence-corrected chi connectivity index (χ2v) is 10.6. The van der Waals surface area contributed by atoms with Crippen molar-refractivity contribution in [2.75, 3.05) is 23.3 Å². The van der Waals surface area contributed by atoms with E-state index in [9.17, 15) is 0 Å². The second-order valence-electron chi connectivity index (χ2n) is 10.6. The highest BCUT2D eigenvalue weighted by Crippen LogP contribution is 2.30. The third-order valence-corrected chi connectivity index (χ3v) is 8.07. The van der Waals surface area contributed by atoms with Crippen molar-refractivity contribution < 1.29 is 0 Å². The van der Waals surface area contributed by atoms with Gasteiger partial charge in [-0.15, -0.1) is 0 Å². The fourth-order valence-corrected chi connectivity index (χ4v) is 6.11. The lowest BCUT2D eigenvalue weighted by atomic mass is 9.89. The van der Waals surface area contributed by atoms with Gasteiger partial charge in [-0.3, -0.25) is 4.98 Å². The Morgan fingerprint density at radius 1 is 0.895 bits per heavy atom. The number of anilines is 2. The van der Waals surface area contributed by atoms with E-state index < -0.39 is 0 Å². The van der Waals surface area contributed by atoms with E-state index in [1.807, 2.05) is 30.7 Å². The Kier molecular flexibility index (Phi) is 7.19. The molecule has 0 amide bonds. The average Bonchev–Trinajstić information content (AvgIpc) is 2.98. The van der Waals surface area contributed by atoms with Gasteiger partial charge in [-0.25, -0.2) is 4.98 Å². The Morgan fingerprint density at radius 2 is 1.74 bits per heavy atom. The van der Waals surface area contributed by atoms with Crippen LogP contribution in [0.4, 0.5) is 11.5 Å². The minimum absolute atomic E-state index is 0.349. The van der Waals surface area contributed by atoms with Crippen molar-refractivity contribution in [3.63, 3.8) is 0 Å². The lowest BCUT2D eigenvalue weighted by Crippen LogP contribution is -2.54. The molecule has 38 heavy (non-hydrogen) atoms. The zero-order valence-corrected chi connectivity index (χ0v) is 21.7. The van der Waals surface area contributed by atoms with Gasteiger partial charge in [-0.1, -0.05) is 37.1 Å². The first-order chi connectivity index (χ1) is 18.8. The molecule has 6 rings (SSSR count). The third-order valence-electron chi connectivity index (χ3n) is 8.07. The highest BCUT2D eigenvalue weighted by molar-refractivity contribution is 5.95. The van der Waals surface area contributed by atoms with Gasteiger partial charge >= 0.3 is 0 Å². The fraction of sp³-hybridized carbons (Fsp3) is 0.344. The molecule has 3 heterocycles. The van der Waals surface area contributed by atoms with Crippen molar-refractivity contribution in [2.24, 2.45) is 0 Å². The second kappa shape index (κ2) is 11.2. The van der Waals surface area contributed by atoms with Crippen LogP contribution in [0.3, 0.4) is 0 Å². The number of nitrogens with one attached hydrogen (secondary N) is 2. The van der Waals surface area contributed by atoms with Crippen LogP contribution < -0.4 is 15.5 Å². The summed E-state index contributed by atoms with van der Waals surface area (Å²) in [6, 6.07) is 24.1. The molecular weight excluding hydrogens is 468 g/mol. The van der Waals surface area contributed by atoms with Crippen molar-refractivity contribution >= 4 is 22.3 Å². The van der Waals surface area contributed by atoms with E-state index in [0.717, 1.165) is 41.8 Å². The molecule has 0 unspecified atom stereocenters. The van der Waals surface area contributed by atoms with E-state index in [1.54, 1.807) is 0 Å². The number of benzene rings is 2. The van der Waals surface area contributed by atoms with Crippen LogP contribution in [0.15, 0.2) is 79.3 Å². The van der Waals surface area contributed by atoms with Crippen LogP contribution in [0.2, 0.25) is 0 Å². The van der Waals surface area contributed by atoms with Crippen molar-refractivity contribution in [3.8, 4) is 17.2 Å².